The molecule has 1 amide bonds. The van der Waals surface area contributed by atoms with Crippen molar-refractivity contribution in [1.29, 1.82) is 0 Å². The summed E-state index contributed by atoms with van der Waals surface area (Å²) in [5.74, 6) is -1.02. The number of hydrogen-bond donors (Lipinski definition) is 1. The second kappa shape index (κ2) is 7.79. The lowest BCUT2D eigenvalue weighted by Crippen LogP contribution is -2.40. The van der Waals surface area contributed by atoms with E-state index < -0.39 is 28.0 Å². The fraction of sp³-hybridized carbons (Fsp3) is 0.294. The minimum absolute atomic E-state index is 0.0918. The number of nitrogens with zero attached hydrogens (tertiary/aromatic N) is 2. The maximum absolute atomic E-state index is 13.2. The quantitative estimate of drug-likeness (QED) is 0.813. The van der Waals surface area contributed by atoms with Gasteiger partial charge in [0, 0.05) is 24.1 Å². The van der Waals surface area contributed by atoms with Gasteiger partial charge in [0.15, 0.2) is 0 Å². The van der Waals surface area contributed by atoms with Crippen LogP contribution in [0, 0.1) is 5.82 Å². The predicted octanol–water partition coefficient (Wildman–Crippen LogP) is 3.03. The first-order valence-corrected chi connectivity index (χ1v) is 10.3. The minimum atomic E-state index is -3.66. The number of ether oxygens (including phenoxy) is 1. The van der Waals surface area contributed by atoms with Gasteiger partial charge in [-0.15, -0.1) is 0 Å². The molecule has 1 fully saturated rings. The summed E-state index contributed by atoms with van der Waals surface area (Å²) in [7, 11) is -3.66. The summed E-state index contributed by atoms with van der Waals surface area (Å²) in [6.07, 6.45) is 3.03. The van der Waals surface area contributed by atoms with Crippen LogP contribution in [0.3, 0.4) is 0 Å². The van der Waals surface area contributed by atoms with Crippen molar-refractivity contribution in [3.8, 4) is 0 Å². The van der Waals surface area contributed by atoms with Crippen LogP contribution in [0.2, 0.25) is 5.02 Å². The van der Waals surface area contributed by atoms with Gasteiger partial charge in [-0.1, -0.05) is 11.6 Å². The van der Waals surface area contributed by atoms with Crippen LogP contribution in [0.25, 0.3) is 0 Å². The van der Waals surface area contributed by atoms with Crippen molar-refractivity contribution in [3.05, 3.63) is 52.9 Å². The third kappa shape index (κ3) is 4.55. The molecular weight excluding hydrogens is 397 g/mol. The number of anilines is 2. The summed E-state index contributed by atoms with van der Waals surface area (Å²) in [6.45, 7) is 0.461. The Balaban J connectivity index is 1.87. The highest BCUT2D eigenvalue weighted by molar-refractivity contribution is 7.92. The highest BCUT2D eigenvalue weighted by Gasteiger charge is 2.31. The van der Waals surface area contributed by atoms with Gasteiger partial charge in [0.1, 0.15) is 17.9 Å². The number of carbonyl (C=O) groups excluding carboxylic acids is 1. The Hall–Kier alpha value is -2.23. The van der Waals surface area contributed by atoms with Gasteiger partial charge in [0.2, 0.25) is 10.0 Å². The third-order valence-corrected chi connectivity index (χ3v) is 5.36. The number of pyridine rings is 1. The molecule has 7 nitrogen and oxygen atoms in total. The SMILES string of the molecule is CS(=O)(=O)N(c1cc(C(=O)Nc2ccc(F)c(Cl)c2)ccn1)C1CCCO1. The Kier molecular flexibility index (Phi) is 5.64. The standard InChI is InChI=1S/C17H17ClFN3O4S/c1-27(24,25)22(16-3-2-8-26-16)15-9-11(6-7-20-15)17(23)21-12-4-5-14(19)13(18)10-12/h4-7,9-10,16H,2-3,8H2,1H3,(H,21,23). The van der Waals surface area contributed by atoms with Gasteiger partial charge in [-0.05, 0) is 43.2 Å². The molecule has 0 radical (unpaired) electrons. The zero-order valence-corrected chi connectivity index (χ0v) is 15.9. The fourth-order valence-electron chi connectivity index (χ4n) is 2.73. The van der Waals surface area contributed by atoms with Gasteiger partial charge in [-0.2, -0.15) is 0 Å². The summed E-state index contributed by atoms with van der Waals surface area (Å²) in [5.41, 5.74) is 0.496. The van der Waals surface area contributed by atoms with Crippen LogP contribution in [0.1, 0.15) is 23.2 Å². The molecule has 2 aromatic rings. The summed E-state index contributed by atoms with van der Waals surface area (Å²) in [5, 5.41) is 2.46. The molecule has 0 saturated carbocycles. The molecule has 1 aromatic carbocycles. The van der Waals surface area contributed by atoms with E-state index in [4.69, 9.17) is 16.3 Å². The van der Waals surface area contributed by atoms with Gasteiger partial charge >= 0.3 is 0 Å². The lowest BCUT2D eigenvalue weighted by atomic mass is 10.2. The van der Waals surface area contributed by atoms with Gasteiger partial charge in [0.05, 0.1) is 11.3 Å². The number of aromatic nitrogens is 1. The van der Waals surface area contributed by atoms with Crippen LogP contribution in [0.4, 0.5) is 15.9 Å². The van der Waals surface area contributed by atoms with Crippen LogP contribution >= 0.6 is 11.6 Å². The molecule has 0 bridgehead atoms. The van der Waals surface area contributed by atoms with Gasteiger partial charge in [0.25, 0.3) is 5.91 Å². The number of nitrogens with one attached hydrogen (secondary N) is 1. The lowest BCUT2D eigenvalue weighted by Gasteiger charge is -2.27. The van der Waals surface area contributed by atoms with E-state index in [9.17, 15) is 17.6 Å². The van der Waals surface area contributed by atoms with Crippen molar-refractivity contribution in [2.45, 2.75) is 19.1 Å². The number of benzene rings is 1. The first-order chi connectivity index (χ1) is 12.8. The van der Waals surface area contributed by atoms with E-state index >= 15 is 0 Å². The van der Waals surface area contributed by atoms with Crippen LogP contribution < -0.4 is 9.62 Å². The van der Waals surface area contributed by atoms with Crippen LogP contribution in [0.5, 0.6) is 0 Å². The van der Waals surface area contributed by atoms with Crippen LogP contribution in [-0.4, -0.2) is 38.4 Å². The molecular formula is C17H17ClFN3O4S. The van der Waals surface area contributed by atoms with Crippen molar-refractivity contribution in [2.75, 3.05) is 22.5 Å². The molecule has 1 atom stereocenters. The van der Waals surface area contributed by atoms with E-state index in [1.807, 2.05) is 0 Å². The predicted molar refractivity (Wildman–Crippen MR) is 99.9 cm³/mol. The monoisotopic (exact) mass is 413 g/mol. The molecule has 3 rings (SSSR count). The van der Waals surface area contributed by atoms with Gasteiger partial charge in [-0.25, -0.2) is 22.1 Å². The van der Waals surface area contributed by atoms with Crippen LogP contribution in [-0.2, 0) is 14.8 Å². The molecule has 1 aliphatic rings. The topological polar surface area (TPSA) is 88.6 Å². The van der Waals surface area contributed by atoms with E-state index in [0.29, 0.717) is 18.7 Å². The number of carbonyl (C=O) groups is 1. The first kappa shape index (κ1) is 19.5. The Bertz CT molecular complexity index is 964. The van der Waals surface area contributed by atoms with E-state index in [1.54, 1.807) is 0 Å². The number of halogens is 2. The Morgan fingerprint density at radius 1 is 1.37 bits per heavy atom. The maximum atomic E-state index is 13.2. The molecule has 1 aliphatic heterocycles. The normalized spacial score (nSPS) is 16.9. The van der Waals surface area contributed by atoms with Crippen molar-refractivity contribution in [1.82, 2.24) is 4.98 Å². The molecule has 10 heteroatoms. The van der Waals surface area contributed by atoms with Crippen molar-refractivity contribution in [3.63, 3.8) is 0 Å². The molecule has 144 valence electrons. The maximum Gasteiger partial charge on any atom is 0.255 e. The lowest BCUT2D eigenvalue weighted by molar-refractivity contribution is 0.102. The molecule has 1 saturated heterocycles. The van der Waals surface area contributed by atoms with Gasteiger partial charge in [-0.3, -0.25) is 4.79 Å². The molecule has 27 heavy (non-hydrogen) atoms. The molecule has 1 unspecified atom stereocenters. The molecule has 0 aliphatic carbocycles. The Morgan fingerprint density at radius 2 is 2.15 bits per heavy atom. The van der Waals surface area contributed by atoms with Crippen LogP contribution in [0.15, 0.2) is 36.5 Å². The third-order valence-electron chi connectivity index (χ3n) is 3.94. The van der Waals surface area contributed by atoms with Crippen molar-refractivity contribution in [2.24, 2.45) is 0 Å². The molecule has 1 aromatic heterocycles. The number of rotatable bonds is 5. The highest BCUT2D eigenvalue weighted by atomic mass is 35.5. The zero-order chi connectivity index (χ0) is 19.6. The second-order valence-electron chi connectivity index (χ2n) is 6.01. The Morgan fingerprint density at radius 3 is 2.78 bits per heavy atom. The average molecular weight is 414 g/mol. The van der Waals surface area contributed by atoms with E-state index in [-0.39, 0.29) is 16.4 Å². The van der Waals surface area contributed by atoms with Crippen molar-refractivity contribution >= 4 is 39.0 Å². The molecule has 1 N–H and O–H groups in total. The second-order valence-corrected chi connectivity index (χ2v) is 8.28. The van der Waals surface area contributed by atoms with E-state index in [2.05, 4.69) is 10.3 Å². The van der Waals surface area contributed by atoms with Crippen molar-refractivity contribution < 1.29 is 22.3 Å². The van der Waals surface area contributed by atoms with Gasteiger partial charge < -0.3 is 10.1 Å². The Labute approximate surface area is 161 Å². The summed E-state index contributed by atoms with van der Waals surface area (Å²) < 4.78 is 44.2. The summed E-state index contributed by atoms with van der Waals surface area (Å²) >= 11 is 5.71. The largest absolute Gasteiger partial charge is 0.357 e. The highest BCUT2D eigenvalue weighted by Crippen LogP contribution is 2.26. The number of hydrogen-bond acceptors (Lipinski definition) is 5. The minimum Gasteiger partial charge on any atom is -0.357 e. The summed E-state index contributed by atoms with van der Waals surface area (Å²) in [4.78, 5) is 16.6. The number of amides is 1. The zero-order valence-electron chi connectivity index (χ0n) is 14.4. The smallest absolute Gasteiger partial charge is 0.255 e. The fourth-order valence-corrected chi connectivity index (χ4v) is 3.95. The summed E-state index contributed by atoms with van der Waals surface area (Å²) in [6, 6.07) is 6.60. The number of sulfonamides is 1. The molecule has 2 heterocycles. The van der Waals surface area contributed by atoms with E-state index in [1.165, 1.54) is 30.5 Å². The average Bonchev–Trinajstić information content (AvgIpc) is 3.11. The first-order valence-electron chi connectivity index (χ1n) is 8.09. The molecule has 0 spiro atoms. The van der Waals surface area contributed by atoms with E-state index in [0.717, 1.165) is 23.0 Å².